The number of methoxy groups -OCH3 is 1. The van der Waals surface area contributed by atoms with Crippen molar-refractivity contribution in [3.63, 3.8) is 0 Å². The van der Waals surface area contributed by atoms with Crippen LogP contribution in [0.3, 0.4) is 0 Å². The summed E-state index contributed by atoms with van der Waals surface area (Å²) >= 11 is 1.28. The average molecular weight is 306 g/mol. The molecule has 6 heteroatoms. The number of aryl methyl sites for hydroxylation is 1. The van der Waals surface area contributed by atoms with E-state index >= 15 is 0 Å². The summed E-state index contributed by atoms with van der Waals surface area (Å²) in [5.41, 5.74) is 1.90. The van der Waals surface area contributed by atoms with Crippen molar-refractivity contribution >= 4 is 28.8 Å². The number of aliphatic carboxylic acids is 1. The van der Waals surface area contributed by atoms with Gasteiger partial charge in [-0.2, -0.15) is 0 Å². The van der Waals surface area contributed by atoms with Gasteiger partial charge in [-0.3, -0.25) is 4.79 Å². The fourth-order valence-electron chi connectivity index (χ4n) is 2.39. The third-order valence-corrected chi connectivity index (χ3v) is 4.66. The van der Waals surface area contributed by atoms with Crippen LogP contribution in [0.25, 0.3) is 11.0 Å². The van der Waals surface area contributed by atoms with E-state index in [9.17, 15) is 4.79 Å². The van der Waals surface area contributed by atoms with Crippen LogP contribution in [0.4, 0.5) is 0 Å². The highest BCUT2D eigenvalue weighted by molar-refractivity contribution is 7.99. The van der Waals surface area contributed by atoms with Gasteiger partial charge >= 0.3 is 5.97 Å². The fourth-order valence-corrected chi connectivity index (χ4v) is 3.15. The molecule has 1 heterocycles. The molecule has 0 bridgehead atoms. The molecule has 5 nitrogen and oxygen atoms in total. The zero-order valence-electron chi connectivity index (χ0n) is 11.9. The first-order valence-electron chi connectivity index (χ1n) is 7.06. The molecular weight excluding hydrogens is 288 g/mol. The van der Waals surface area contributed by atoms with Crippen molar-refractivity contribution in [2.75, 3.05) is 12.9 Å². The summed E-state index contributed by atoms with van der Waals surface area (Å²) in [4.78, 5) is 15.4. The van der Waals surface area contributed by atoms with E-state index in [1.165, 1.54) is 24.6 Å². The number of carboxylic acids is 1. The maximum Gasteiger partial charge on any atom is 0.313 e. The molecule has 1 fully saturated rings. The predicted octanol–water partition coefficient (Wildman–Crippen LogP) is 3.02. The molecule has 1 N–H and O–H groups in total. The minimum Gasteiger partial charge on any atom is -0.497 e. The van der Waals surface area contributed by atoms with Gasteiger partial charge in [-0.25, -0.2) is 4.98 Å². The molecule has 1 aliphatic rings. The number of rotatable bonds is 7. The number of ether oxygens (including phenoxy) is 1. The van der Waals surface area contributed by atoms with Gasteiger partial charge in [-0.05, 0) is 24.5 Å². The maximum absolute atomic E-state index is 10.8. The first-order chi connectivity index (χ1) is 10.2. The quantitative estimate of drug-likeness (QED) is 0.797. The lowest BCUT2D eigenvalue weighted by Gasteiger charge is -2.08. The number of carbonyl (C=O) groups is 1. The largest absolute Gasteiger partial charge is 0.497 e. The van der Waals surface area contributed by atoms with Gasteiger partial charge in [0.1, 0.15) is 5.75 Å². The first-order valence-corrected chi connectivity index (χ1v) is 8.05. The van der Waals surface area contributed by atoms with Gasteiger partial charge in [-0.1, -0.05) is 24.6 Å². The van der Waals surface area contributed by atoms with Crippen molar-refractivity contribution in [3.05, 3.63) is 18.2 Å². The van der Waals surface area contributed by atoms with Crippen LogP contribution in [0.2, 0.25) is 0 Å². The second-order valence-electron chi connectivity index (χ2n) is 5.32. The average Bonchev–Trinajstić information content (AvgIpc) is 3.23. The van der Waals surface area contributed by atoms with Crippen molar-refractivity contribution < 1.29 is 14.6 Å². The summed E-state index contributed by atoms with van der Waals surface area (Å²) in [6.07, 6.45) is 3.77. The zero-order valence-corrected chi connectivity index (χ0v) is 12.7. The summed E-state index contributed by atoms with van der Waals surface area (Å²) in [7, 11) is 1.63. The molecule has 1 aliphatic carbocycles. The van der Waals surface area contributed by atoms with E-state index in [0.29, 0.717) is 0 Å². The van der Waals surface area contributed by atoms with Crippen LogP contribution < -0.4 is 4.74 Å². The maximum atomic E-state index is 10.8. The Morgan fingerprint density at radius 1 is 1.52 bits per heavy atom. The van der Waals surface area contributed by atoms with Crippen molar-refractivity contribution in [1.82, 2.24) is 9.55 Å². The van der Waals surface area contributed by atoms with Crippen LogP contribution in [-0.2, 0) is 11.3 Å². The molecule has 1 saturated carbocycles. The summed E-state index contributed by atoms with van der Waals surface area (Å²) in [6.45, 7) is 0.898. The van der Waals surface area contributed by atoms with Crippen molar-refractivity contribution in [2.24, 2.45) is 5.92 Å². The number of hydrogen-bond donors (Lipinski definition) is 1. The van der Waals surface area contributed by atoms with Gasteiger partial charge in [0.25, 0.3) is 0 Å². The normalized spacial score (nSPS) is 14.5. The molecule has 0 unspecified atom stereocenters. The van der Waals surface area contributed by atoms with Gasteiger partial charge in [0.15, 0.2) is 5.16 Å². The molecule has 112 valence electrons. The molecule has 0 atom stereocenters. The number of benzene rings is 1. The molecule has 2 aromatic rings. The lowest BCUT2D eigenvalue weighted by atomic mass is 10.2. The van der Waals surface area contributed by atoms with E-state index in [2.05, 4.69) is 9.55 Å². The highest BCUT2D eigenvalue weighted by Crippen LogP contribution is 2.34. The minimum atomic E-state index is -0.821. The molecule has 0 saturated heterocycles. The van der Waals surface area contributed by atoms with E-state index in [1.807, 2.05) is 18.2 Å². The van der Waals surface area contributed by atoms with Crippen LogP contribution in [0.5, 0.6) is 5.75 Å². The summed E-state index contributed by atoms with van der Waals surface area (Å²) in [5.74, 6) is 0.810. The topological polar surface area (TPSA) is 64.3 Å². The molecular formula is C15H18N2O3S. The van der Waals surface area contributed by atoms with Crippen LogP contribution >= 0.6 is 11.8 Å². The molecule has 3 rings (SSSR count). The summed E-state index contributed by atoms with van der Waals surface area (Å²) < 4.78 is 7.37. The Kier molecular flexibility index (Phi) is 4.05. The van der Waals surface area contributed by atoms with Gasteiger partial charge in [0.2, 0.25) is 0 Å². The zero-order chi connectivity index (χ0) is 14.8. The van der Waals surface area contributed by atoms with Crippen molar-refractivity contribution in [3.8, 4) is 5.75 Å². The lowest BCUT2D eigenvalue weighted by molar-refractivity contribution is -0.133. The van der Waals surface area contributed by atoms with E-state index < -0.39 is 5.97 Å². The van der Waals surface area contributed by atoms with E-state index in [4.69, 9.17) is 9.84 Å². The Hall–Kier alpha value is -1.69. The molecule has 0 radical (unpaired) electrons. The van der Waals surface area contributed by atoms with Crippen LogP contribution in [-0.4, -0.2) is 33.5 Å². The van der Waals surface area contributed by atoms with Crippen molar-refractivity contribution in [1.29, 1.82) is 0 Å². The standard InChI is InChI=1S/C15H18N2O3S/c1-20-11-4-5-13-12(8-11)16-15(21-9-14(18)19)17(13)7-6-10-2-3-10/h4-5,8,10H,2-3,6-7,9H2,1H3,(H,18,19). The van der Waals surface area contributed by atoms with Gasteiger partial charge in [0.05, 0.1) is 23.9 Å². The number of nitrogens with zero attached hydrogens (tertiary/aromatic N) is 2. The predicted molar refractivity (Wildman–Crippen MR) is 82.0 cm³/mol. The number of thioether (sulfide) groups is 1. The smallest absolute Gasteiger partial charge is 0.313 e. The summed E-state index contributed by atoms with van der Waals surface area (Å²) in [5, 5.41) is 9.65. The number of fused-ring (bicyclic) bond motifs is 1. The van der Waals surface area contributed by atoms with Crippen LogP contribution in [0.1, 0.15) is 19.3 Å². The Morgan fingerprint density at radius 3 is 3.00 bits per heavy atom. The highest BCUT2D eigenvalue weighted by Gasteiger charge is 2.22. The fraction of sp³-hybridized carbons (Fsp3) is 0.467. The Morgan fingerprint density at radius 2 is 2.33 bits per heavy atom. The third-order valence-electron chi connectivity index (χ3n) is 3.70. The minimum absolute atomic E-state index is 0.0316. The van der Waals surface area contributed by atoms with E-state index in [0.717, 1.165) is 40.8 Å². The lowest BCUT2D eigenvalue weighted by Crippen LogP contribution is -2.04. The monoisotopic (exact) mass is 306 g/mol. The first kappa shape index (κ1) is 14.3. The molecule has 21 heavy (non-hydrogen) atoms. The van der Waals surface area contributed by atoms with Crippen LogP contribution in [0, 0.1) is 5.92 Å². The number of hydrogen-bond acceptors (Lipinski definition) is 4. The van der Waals surface area contributed by atoms with Crippen LogP contribution in [0.15, 0.2) is 23.4 Å². The van der Waals surface area contributed by atoms with E-state index in [-0.39, 0.29) is 5.75 Å². The Labute approximate surface area is 127 Å². The van der Waals surface area contributed by atoms with Gasteiger partial charge in [-0.15, -0.1) is 0 Å². The SMILES string of the molecule is COc1ccc2c(c1)nc(SCC(=O)O)n2CCC1CC1. The molecule has 1 aromatic heterocycles. The number of aromatic nitrogens is 2. The second-order valence-corrected chi connectivity index (χ2v) is 6.26. The Bertz CT molecular complexity index is 664. The Balaban J connectivity index is 1.91. The number of carboxylic acid groups (broad SMARTS) is 1. The van der Waals surface area contributed by atoms with Gasteiger partial charge in [0, 0.05) is 12.6 Å². The molecule has 0 amide bonds. The highest BCUT2D eigenvalue weighted by atomic mass is 32.2. The summed E-state index contributed by atoms with van der Waals surface area (Å²) in [6, 6.07) is 5.82. The number of imidazole rings is 1. The molecule has 0 aliphatic heterocycles. The molecule has 1 aromatic carbocycles. The van der Waals surface area contributed by atoms with Gasteiger partial charge < -0.3 is 14.4 Å². The molecule has 0 spiro atoms. The second kappa shape index (κ2) is 5.97. The third kappa shape index (κ3) is 3.32. The van der Waals surface area contributed by atoms with Crippen molar-refractivity contribution in [2.45, 2.75) is 31.0 Å². The van der Waals surface area contributed by atoms with E-state index in [1.54, 1.807) is 7.11 Å².